The predicted octanol–water partition coefficient (Wildman–Crippen LogP) is 2.27. The first-order valence-corrected chi connectivity index (χ1v) is 7.08. The Kier molecular flexibility index (Phi) is 5.03. The number of rotatable bonds is 3. The van der Waals surface area contributed by atoms with E-state index in [0.717, 1.165) is 12.8 Å². The molecule has 7 heteroatoms. The van der Waals surface area contributed by atoms with Crippen molar-refractivity contribution in [2.45, 2.75) is 12.8 Å². The molecule has 1 fully saturated rings. The Bertz CT molecular complexity index is 550. The van der Waals surface area contributed by atoms with Crippen LogP contribution in [0.15, 0.2) is 18.2 Å². The number of aliphatic hydroxyl groups is 1. The molecule has 0 spiro atoms. The Morgan fingerprint density at radius 3 is 2.86 bits per heavy atom. The third-order valence-electron chi connectivity index (χ3n) is 3.52. The van der Waals surface area contributed by atoms with Crippen LogP contribution in [-0.2, 0) is 0 Å². The first-order chi connectivity index (χ1) is 10.0. The van der Waals surface area contributed by atoms with Crippen molar-refractivity contribution in [3.8, 4) is 0 Å². The molecule has 0 bridgehead atoms. The van der Waals surface area contributed by atoms with Crippen molar-refractivity contribution in [1.29, 1.82) is 0 Å². The lowest BCUT2D eigenvalue weighted by molar-refractivity contribution is 0.0698. The van der Waals surface area contributed by atoms with Crippen LogP contribution in [0.2, 0.25) is 5.02 Å². The molecule has 0 saturated carbocycles. The number of halogens is 1. The quantitative estimate of drug-likeness (QED) is 0.798. The normalized spacial score (nSPS) is 18.4. The van der Waals surface area contributed by atoms with Crippen LogP contribution in [0.5, 0.6) is 0 Å². The molecule has 1 aliphatic heterocycles. The monoisotopic (exact) mass is 312 g/mol. The van der Waals surface area contributed by atoms with E-state index in [4.69, 9.17) is 16.7 Å². The van der Waals surface area contributed by atoms with Crippen LogP contribution >= 0.6 is 11.6 Å². The van der Waals surface area contributed by atoms with Gasteiger partial charge in [0.25, 0.3) is 0 Å². The van der Waals surface area contributed by atoms with Crippen LogP contribution in [0.3, 0.4) is 0 Å². The maximum Gasteiger partial charge on any atom is 0.337 e. The number of carbonyl (C=O) groups excluding carboxylic acids is 1. The molecule has 21 heavy (non-hydrogen) atoms. The molecule has 0 aromatic heterocycles. The number of benzene rings is 1. The van der Waals surface area contributed by atoms with Gasteiger partial charge in [0.05, 0.1) is 11.3 Å². The van der Waals surface area contributed by atoms with Gasteiger partial charge in [-0.2, -0.15) is 0 Å². The number of carbonyl (C=O) groups is 2. The molecule has 1 atom stereocenters. The van der Waals surface area contributed by atoms with Gasteiger partial charge in [0.1, 0.15) is 0 Å². The number of nitrogens with one attached hydrogen (secondary N) is 1. The standard InChI is InChI=1S/C14H17ClN2O4/c15-10-3-4-11(13(19)20)12(6-10)16-14(21)17-5-1-2-9(7-17)8-18/h3-4,6,9,18H,1-2,5,7-8H2,(H,16,21)(H,19,20). The Balaban J connectivity index is 2.12. The molecule has 114 valence electrons. The van der Waals surface area contributed by atoms with E-state index >= 15 is 0 Å². The summed E-state index contributed by atoms with van der Waals surface area (Å²) in [6.45, 7) is 1.10. The summed E-state index contributed by atoms with van der Waals surface area (Å²) in [5, 5.41) is 21.2. The van der Waals surface area contributed by atoms with Crippen LogP contribution in [0.1, 0.15) is 23.2 Å². The van der Waals surface area contributed by atoms with Gasteiger partial charge in [0, 0.05) is 24.7 Å². The second-order valence-electron chi connectivity index (χ2n) is 5.06. The molecule has 2 amide bonds. The molecule has 2 rings (SSSR count). The summed E-state index contributed by atoms with van der Waals surface area (Å²) < 4.78 is 0. The van der Waals surface area contributed by atoms with Crippen LogP contribution < -0.4 is 5.32 Å². The number of carboxylic acid groups (broad SMARTS) is 1. The van der Waals surface area contributed by atoms with E-state index in [1.807, 2.05) is 0 Å². The van der Waals surface area contributed by atoms with Gasteiger partial charge in [0.2, 0.25) is 0 Å². The number of anilines is 1. The van der Waals surface area contributed by atoms with Crippen molar-refractivity contribution in [2.24, 2.45) is 5.92 Å². The minimum atomic E-state index is -1.13. The van der Waals surface area contributed by atoms with Crippen molar-refractivity contribution < 1.29 is 19.8 Å². The van der Waals surface area contributed by atoms with Crippen LogP contribution in [0.4, 0.5) is 10.5 Å². The molecule has 3 N–H and O–H groups in total. The first kappa shape index (κ1) is 15.6. The molecule has 1 heterocycles. The molecule has 0 radical (unpaired) electrons. The summed E-state index contributed by atoms with van der Waals surface area (Å²) in [5.74, 6) is -1.06. The highest BCUT2D eigenvalue weighted by Gasteiger charge is 2.24. The van der Waals surface area contributed by atoms with E-state index in [1.165, 1.54) is 18.2 Å². The van der Waals surface area contributed by atoms with E-state index in [9.17, 15) is 14.7 Å². The zero-order valence-electron chi connectivity index (χ0n) is 11.4. The summed E-state index contributed by atoms with van der Waals surface area (Å²) >= 11 is 5.85. The molecular weight excluding hydrogens is 296 g/mol. The molecule has 1 saturated heterocycles. The number of hydrogen-bond donors (Lipinski definition) is 3. The zero-order chi connectivity index (χ0) is 15.4. The number of likely N-dealkylation sites (tertiary alicyclic amines) is 1. The second-order valence-corrected chi connectivity index (χ2v) is 5.50. The van der Waals surface area contributed by atoms with Crippen molar-refractivity contribution in [3.63, 3.8) is 0 Å². The van der Waals surface area contributed by atoms with Crippen molar-refractivity contribution >= 4 is 29.3 Å². The van der Waals surface area contributed by atoms with Gasteiger partial charge < -0.3 is 20.4 Å². The Morgan fingerprint density at radius 2 is 2.19 bits per heavy atom. The van der Waals surface area contributed by atoms with Gasteiger partial charge in [0.15, 0.2) is 0 Å². The lowest BCUT2D eigenvalue weighted by Crippen LogP contribution is -2.43. The summed E-state index contributed by atoms with van der Waals surface area (Å²) in [4.78, 5) is 24.9. The van der Waals surface area contributed by atoms with E-state index < -0.39 is 5.97 Å². The van der Waals surface area contributed by atoms with Gasteiger partial charge in [-0.25, -0.2) is 9.59 Å². The summed E-state index contributed by atoms with van der Waals surface area (Å²) in [7, 11) is 0. The third-order valence-corrected chi connectivity index (χ3v) is 3.75. The average Bonchev–Trinajstić information content (AvgIpc) is 2.47. The lowest BCUT2D eigenvalue weighted by atomic mass is 9.99. The SMILES string of the molecule is O=C(O)c1ccc(Cl)cc1NC(=O)N1CCCC(CO)C1. The Morgan fingerprint density at radius 1 is 1.43 bits per heavy atom. The fourth-order valence-electron chi connectivity index (χ4n) is 2.40. The molecule has 0 aliphatic carbocycles. The Labute approximate surface area is 127 Å². The fourth-order valence-corrected chi connectivity index (χ4v) is 2.57. The van der Waals surface area contributed by atoms with E-state index in [0.29, 0.717) is 18.1 Å². The van der Waals surface area contributed by atoms with Crippen molar-refractivity contribution in [1.82, 2.24) is 4.90 Å². The van der Waals surface area contributed by atoms with Crippen molar-refractivity contribution in [2.75, 3.05) is 25.0 Å². The van der Waals surface area contributed by atoms with Gasteiger partial charge in [-0.3, -0.25) is 0 Å². The number of hydrogen-bond acceptors (Lipinski definition) is 3. The van der Waals surface area contributed by atoms with Crippen LogP contribution in [0, 0.1) is 5.92 Å². The van der Waals surface area contributed by atoms with Gasteiger partial charge in [-0.15, -0.1) is 0 Å². The molecule has 1 aromatic rings. The third kappa shape index (κ3) is 3.86. The number of amides is 2. The number of urea groups is 1. The smallest absolute Gasteiger partial charge is 0.337 e. The number of piperidine rings is 1. The van der Waals surface area contributed by atoms with E-state index in [1.54, 1.807) is 4.90 Å². The fraction of sp³-hybridized carbons (Fsp3) is 0.429. The maximum absolute atomic E-state index is 12.2. The van der Waals surface area contributed by atoms with Gasteiger partial charge >= 0.3 is 12.0 Å². The molecule has 1 unspecified atom stereocenters. The van der Waals surface area contributed by atoms with E-state index in [2.05, 4.69) is 5.32 Å². The van der Waals surface area contributed by atoms with Gasteiger partial charge in [-0.1, -0.05) is 11.6 Å². The highest BCUT2D eigenvalue weighted by atomic mass is 35.5. The number of nitrogens with zero attached hydrogens (tertiary/aromatic N) is 1. The average molecular weight is 313 g/mol. The topological polar surface area (TPSA) is 89.9 Å². The molecule has 1 aliphatic rings. The minimum Gasteiger partial charge on any atom is -0.478 e. The zero-order valence-corrected chi connectivity index (χ0v) is 12.1. The van der Waals surface area contributed by atoms with Crippen molar-refractivity contribution in [3.05, 3.63) is 28.8 Å². The molecule has 6 nitrogen and oxygen atoms in total. The summed E-state index contributed by atoms with van der Waals surface area (Å²) in [5.41, 5.74) is 0.162. The molecular formula is C14H17ClN2O4. The summed E-state index contributed by atoms with van der Waals surface area (Å²) in [6, 6.07) is 3.85. The number of aromatic carboxylic acids is 1. The van der Waals surface area contributed by atoms with Crippen LogP contribution in [-0.4, -0.2) is 46.8 Å². The number of aliphatic hydroxyl groups excluding tert-OH is 1. The van der Waals surface area contributed by atoms with E-state index in [-0.39, 0.29) is 29.8 Å². The van der Waals surface area contributed by atoms with Gasteiger partial charge in [-0.05, 0) is 37.0 Å². The Hall–Kier alpha value is -1.79. The molecule has 1 aromatic carbocycles. The predicted molar refractivity (Wildman–Crippen MR) is 78.8 cm³/mol. The maximum atomic E-state index is 12.2. The summed E-state index contributed by atoms with van der Waals surface area (Å²) in [6.07, 6.45) is 1.71. The lowest BCUT2D eigenvalue weighted by Gasteiger charge is -2.32. The first-order valence-electron chi connectivity index (χ1n) is 6.71. The highest BCUT2D eigenvalue weighted by molar-refractivity contribution is 6.31. The largest absolute Gasteiger partial charge is 0.478 e. The minimum absolute atomic E-state index is 0.0107. The second kappa shape index (κ2) is 6.78. The number of carboxylic acids is 1. The van der Waals surface area contributed by atoms with Crippen LogP contribution in [0.25, 0.3) is 0 Å². The highest BCUT2D eigenvalue weighted by Crippen LogP contribution is 2.23.